The Morgan fingerprint density at radius 2 is 2.30 bits per heavy atom. The van der Waals surface area contributed by atoms with E-state index in [0.717, 1.165) is 37.1 Å². The number of thiocarbonyl (C=S) groups is 1. The fraction of sp³-hybridized carbons (Fsp3) is 0.643. The Morgan fingerprint density at radius 3 is 3.00 bits per heavy atom. The van der Waals surface area contributed by atoms with Crippen molar-refractivity contribution in [3.8, 4) is 0 Å². The van der Waals surface area contributed by atoms with Gasteiger partial charge in [0.2, 0.25) is 5.95 Å². The Hall–Kier alpha value is -1.43. The lowest BCUT2D eigenvalue weighted by atomic mass is 10.0. The van der Waals surface area contributed by atoms with Crippen molar-refractivity contribution in [2.24, 2.45) is 5.92 Å². The van der Waals surface area contributed by atoms with Gasteiger partial charge in [-0.25, -0.2) is 4.98 Å². The molecule has 1 atom stereocenters. The maximum atomic E-state index is 5.18. The second kappa shape index (κ2) is 6.83. The van der Waals surface area contributed by atoms with E-state index in [4.69, 9.17) is 12.2 Å². The molecule has 0 radical (unpaired) electrons. The van der Waals surface area contributed by atoms with Crippen molar-refractivity contribution in [1.82, 2.24) is 15.3 Å². The van der Waals surface area contributed by atoms with E-state index in [1.165, 1.54) is 12.8 Å². The molecule has 5 nitrogen and oxygen atoms in total. The Bertz CT molecular complexity index is 477. The molecule has 1 unspecified atom stereocenters. The third kappa shape index (κ3) is 4.03. The SMILES string of the molecule is CCNC(=S)Nc1nc(C)cc(N2CCCC(C)C2)n1. The van der Waals surface area contributed by atoms with Gasteiger partial charge in [0.05, 0.1) is 0 Å². The largest absolute Gasteiger partial charge is 0.363 e. The summed E-state index contributed by atoms with van der Waals surface area (Å²) in [7, 11) is 0. The van der Waals surface area contributed by atoms with Gasteiger partial charge in [0.15, 0.2) is 5.11 Å². The first-order valence-electron chi connectivity index (χ1n) is 7.24. The van der Waals surface area contributed by atoms with Crippen molar-refractivity contribution in [3.05, 3.63) is 11.8 Å². The molecule has 0 amide bonds. The van der Waals surface area contributed by atoms with Gasteiger partial charge >= 0.3 is 0 Å². The van der Waals surface area contributed by atoms with Crippen LogP contribution in [0, 0.1) is 12.8 Å². The van der Waals surface area contributed by atoms with Gasteiger partial charge in [0, 0.05) is 31.4 Å². The van der Waals surface area contributed by atoms with Crippen LogP contribution in [0.1, 0.15) is 32.4 Å². The highest BCUT2D eigenvalue weighted by Gasteiger charge is 2.18. The number of nitrogens with one attached hydrogen (secondary N) is 2. The molecule has 1 aliphatic heterocycles. The molecule has 0 aliphatic carbocycles. The number of anilines is 2. The summed E-state index contributed by atoms with van der Waals surface area (Å²) in [6, 6.07) is 2.04. The fourth-order valence-corrected chi connectivity index (χ4v) is 2.71. The molecule has 1 aliphatic rings. The summed E-state index contributed by atoms with van der Waals surface area (Å²) < 4.78 is 0. The van der Waals surface area contributed by atoms with Crippen molar-refractivity contribution in [2.75, 3.05) is 29.9 Å². The molecular weight excluding hydrogens is 270 g/mol. The first-order valence-corrected chi connectivity index (χ1v) is 7.64. The molecule has 1 aromatic heterocycles. The predicted octanol–water partition coefficient (Wildman–Crippen LogP) is 2.33. The third-order valence-electron chi connectivity index (χ3n) is 3.38. The summed E-state index contributed by atoms with van der Waals surface area (Å²) in [5, 5.41) is 6.66. The highest BCUT2D eigenvalue weighted by molar-refractivity contribution is 7.80. The second-order valence-electron chi connectivity index (χ2n) is 5.37. The molecule has 1 saturated heterocycles. The zero-order chi connectivity index (χ0) is 14.5. The molecule has 0 aromatic carbocycles. The minimum Gasteiger partial charge on any atom is -0.363 e. The van der Waals surface area contributed by atoms with E-state index >= 15 is 0 Å². The summed E-state index contributed by atoms with van der Waals surface area (Å²) in [6.45, 7) is 9.20. The van der Waals surface area contributed by atoms with E-state index in [9.17, 15) is 0 Å². The van der Waals surface area contributed by atoms with Crippen molar-refractivity contribution in [3.63, 3.8) is 0 Å². The molecule has 1 fully saturated rings. The van der Waals surface area contributed by atoms with E-state index < -0.39 is 0 Å². The van der Waals surface area contributed by atoms with Gasteiger partial charge in [-0.15, -0.1) is 0 Å². The van der Waals surface area contributed by atoms with Crippen molar-refractivity contribution in [2.45, 2.75) is 33.6 Å². The maximum Gasteiger partial charge on any atom is 0.231 e. The second-order valence-corrected chi connectivity index (χ2v) is 5.78. The van der Waals surface area contributed by atoms with Crippen LogP contribution in [0.25, 0.3) is 0 Å². The number of aromatic nitrogens is 2. The van der Waals surface area contributed by atoms with Crippen LogP contribution in [0.3, 0.4) is 0 Å². The van der Waals surface area contributed by atoms with Gasteiger partial charge < -0.3 is 15.5 Å². The Balaban J connectivity index is 2.13. The summed E-state index contributed by atoms with van der Waals surface area (Å²) in [5.74, 6) is 2.29. The predicted molar refractivity (Wildman–Crippen MR) is 87.3 cm³/mol. The molecule has 20 heavy (non-hydrogen) atoms. The molecule has 0 spiro atoms. The summed E-state index contributed by atoms with van der Waals surface area (Å²) in [6.07, 6.45) is 2.53. The van der Waals surface area contributed by atoms with Crippen molar-refractivity contribution >= 4 is 29.1 Å². The summed E-state index contributed by atoms with van der Waals surface area (Å²) >= 11 is 5.18. The zero-order valence-electron chi connectivity index (χ0n) is 12.4. The molecule has 6 heteroatoms. The van der Waals surface area contributed by atoms with E-state index in [-0.39, 0.29) is 0 Å². The van der Waals surface area contributed by atoms with Crippen LogP contribution < -0.4 is 15.5 Å². The van der Waals surface area contributed by atoms with Crippen LogP contribution in [0.4, 0.5) is 11.8 Å². The van der Waals surface area contributed by atoms with Gasteiger partial charge in [-0.2, -0.15) is 4.98 Å². The van der Waals surface area contributed by atoms with Gasteiger partial charge in [0.1, 0.15) is 5.82 Å². The number of rotatable bonds is 3. The standard InChI is InChI=1S/C14H23N5S/c1-4-15-14(20)18-13-16-11(3)8-12(17-13)19-7-5-6-10(2)9-19/h8,10H,4-7,9H2,1-3H3,(H2,15,16,17,18,20). The lowest BCUT2D eigenvalue weighted by Crippen LogP contribution is -2.35. The number of hydrogen-bond acceptors (Lipinski definition) is 4. The summed E-state index contributed by atoms with van der Waals surface area (Å²) in [5.41, 5.74) is 0.954. The highest BCUT2D eigenvalue weighted by atomic mass is 32.1. The van der Waals surface area contributed by atoms with Crippen molar-refractivity contribution < 1.29 is 0 Å². The van der Waals surface area contributed by atoms with Crippen LogP contribution in [-0.2, 0) is 0 Å². The lowest BCUT2D eigenvalue weighted by molar-refractivity contribution is 0.444. The van der Waals surface area contributed by atoms with Gasteiger partial charge in [-0.1, -0.05) is 6.92 Å². The monoisotopic (exact) mass is 293 g/mol. The Morgan fingerprint density at radius 1 is 1.50 bits per heavy atom. The van der Waals surface area contributed by atoms with Gasteiger partial charge in [-0.3, -0.25) is 0 Å². The number of nitrogens with zero attached hydrogens (tertiary/aromatic N) is 3. The number of aryl methyl sites for hydroxylation is 1. The molecule has 110 valence electrons. The van der Waals surface area contributed by atoms with Crippen LogP contribution in [0.5, 0.6) is 0 Å². The Kier molecular flexibility index (Phi) is 5.11. The highest BCUT2D eigenvalue weighted by Crippen LogP contribution is 2.22. The third-order valence-corrected chi connectivity index (χ3v) is 3.63. The fourth-order valence-electron chi connectivity index (χ4n) is 2.47. The minimum absolute atomic E-state index is 0.566. The lowest BCUT2D eigenvalue weighted by Gasteiger charge is -2.32. The first-order chi connectivity index (χ1) is 9.58. The molecule has 2 heterocycles. The molecule has 2 rings (SSSR count). The van der Waals surface area contributed by atoms with Crippen LogP contribution in [0.15, 0.2) is 6.07 Å². The zero-order valence-corrected chi connectivity index (χ0v) is 13.3. The number of piperidine rings is 1. The first kappa shape index (κ1) is 15.0. The van der Waals surface area contributed by atoms with Gasteiger partial charge in [0.25, 0.3) is 0 Å². The van der Waals surface area contributed by atoms with E-state index in [1.54, 1.807) is 0 Å². The molecular formula is C14H23N5S. The maximum absolute atomic E-state index is 5.18. The molecule has 1 aromatic rings. The van der Waals surface area contributed by atoms with Crippen molar-refractivity contribution in [1.29, 1.82) is 0 Å². The van der Waals surface area contributed by atoms with Gasteiger partial charge in [-0.05, 0) is 44.8 Å². The average molecular weight is 293 g/mol. The number of hydrogen-bond donors (Lipinski definition) is 2. The smallest absolute Gasteiger partial charge is 0.231 e. The molecule has 2 N–H and O–H groups in total. The minimum atomic E-state index is 0.566. The van der Waals surface area contributed by atoms with Crippen LogP contribution in [0.2, 0.25) is 0 Å². The molecule has 0 saturated carbocycles. The van der Waals surface area contributed by atoms with E-state index in [0.29, 0.717) is 11.1 Å². The summed E-state index contributed by atoms with van der Waals surface area (Å²) in [4.78, 5) is 11.3. The van der Waals surface area contributed by atoms with E-state index in [2.05, 4.69) is 32.4 Å². The van der Waals surface area contributed by atoms with Crippen LogP contribution >= 0.6 is 12.2 Å². The topological polar surface area (TPSA) is 53.1 Å². The molecule has 0 bridgehead atoms. The normalized spacial score (nSPS) is 18.8. The quantitative estimate of drug-likeness (QED) is 0.834. The van der Waals surface area contributed by atoms with E-state index in [1.807, 2.05) is 19.9 Å². The Labute approximate surface area is 126 Å². The van der Waals surface area contributed by atoms with Crippen LogP contribution in [-0.4, -0.2) is 34.7 Å². The average Bonchev–Trinajstić information content (AvgIpc) is 2.38.